The van der Waals surface area contributed by atoms with Crippen LogP contribution in [-0.2, 0) is 11.2 Å². The molecule has 148 valence electrons. The molecule has 0 bridgehead atoms. The summed E-state index contributed by atoms with van der Waals surface area (Å²) in [5.41, 5.74) is 7.03. The van der Waals surface area contributed by atoms with Crippen molar-refractivity contribution in [3.05, 3.63) is 84.3 Å². The highest BCUT2D eigenvalue weighted by Crippen LogP contribution is 2.17. The normalized spacial score (nSPS) is 11.3. The van der Waals surface area contributed by atoms with Crippen molar-refractivity contribution in [2.75, 3.05) is 10.6 Å². The van der Waals surface area contributed by atoms with E-state index in [1.54, 1.807) is 36.4 Å². The van der Waals surface area contributed by atoms with Gasteiger partial charge in [0.1, 0.15) is 6.04 Å². The minimum absolute atomic E-state index is 0.174. The SMILES string of the molecule is NC(=O)NC(Cc1ccccc1)C(=O)Nc1cccc(NC(=O)c2ccco2)c1. The molecule has 3 aromatic rings. The number of furan rings is 1. The monoisotopic (exact) mass is 392 g/mol. The third kappa shape index (κ3) is 5.70. The Kier molecular flexibility index (Phi) is 6.26. The standard InChI is InChI=1S/C21H20N4O4/c22-21(28)25-17(12-14-6-2-1-3-7-14)19(26)23-15-8-4-9-16(13-15)24-20(27)18-10-5-11-29-18/h1-11,13,17H,12H2,(H,23,26)(H,24,27)(H3,22,25,28). The lowest BCUT2D eigenvalue weighted by Gasteiger charge is -2.18. The Morgan fingerprint density at radius 1 is 0.897 bits per heavy atom. The van der Waals surface area contributed by atoms with Gasteiger partial charge in [0.15, 0.2) is 5.76 Å². The minimum Gasteiger partial charge on any atom is -0.459 e. The highest BCUT2D eigenvalue weighted by atomic mass is 16.3. The van der Waals surface area contributed by atoms with Gasteiger partial charge in [-0.1, -0.05) is 36.4 Å². The Bertz CT molecular complexity index is 987. The van der Waals surface area contributed by atoms with E-state index in [0.29, 0.717) is 11.4 Å². The smallest absolute Gasteiger partial charge is 0.312 e. The molecule has 0 aliphatic carbocycles. The molecule has 0 saturated carbocycles. The van der Waals surface area contributed by atoms with Crippen LogP contribution in [0.4, 0.5) is 16.2 Å². The molecule has 0 saturated heterocycles. The largest absolute Gasteiger partial charge is 0.459 e. The summed E-state index contributed by atoms with van der Waals surface area (Å²) in [7, 11) is 0. The van der Waals surface area contributed by atoms with Crippen LogP contribution < -0.4 is 21.7 Å². The van der Waals surface area contributed by atoms with Gasteiger partial charge in [-0.2, -0.15) is 0 Å². The van der Waals surface area contributed by atoms with E-state index in [2.05, 4.69) is 16.0 Å². The summed E-state index contributed by atoms with van der Waals surface area (Å²) in [6.45, 7) is 0. The molecule has 1 aromatic heterocycles. The van der Waals surface area contributed by atoms with Gasteiger partial charge in [0.2, 0.25) is 5.91 Å². The number of hydrogen-bond donors (Lipinski definition) is 4. The van der Waals surface area contributed by atoms with Crippen LogP contribution in [0.3, 0.4) is 0 Å². The van der Waals surface area contributed by atoms with Gasteiger partial charge in [-0.3, -0.25) is 9.59 Å². The van der Waals surface area contributed by atoms with E-state index in [9.17, 15) is 14.4 Å². The van der Waals surface area contributed by atoms with Crippen molar-refractivity contribution in [2.24, 2.45) is 5.73 Å². The zero-order valence-electron chi connectivity index (χ0n) is 15.4. The lowest BCUT2D eigenvalue weighted by molar-refractivity contribution is -0.117. The Morgan fingerprint density at radius 3 is 2.28 bits per heavy atom. The van der Waals surface area contributed by atoms with Crippen molar-refractivity contribution in [3.63, 3.8) is 0 Å². The number of amides is 4. The van der Waals surface area contributed by atoms with Crippen LogP contribution in [0.15, 0.2) is 77.4 Å². The highest BCUT2D eigenvalue weighted by molar-refractivity contribution is 6.03. The predicted molar refractivity (Wildman–Crippen MR) is 108 cm³/mol. The molecule has 3 rings (SSSR count). The maximum atomic E-state index is 12.7. The molecule has 1 atom stereocenters. The topological polar surface area (TPSA) is 126 Å². The number of rotatable bonds is 7. The summed E-state index contributed by atoms with van der Waals surface area (Å²) >= 11 is 0. The van der Waals surface area contributed by atoms with Crippen LogP contribution in [0.1, 0.15) is 16.1 Å². The number of carbonyl (C=O) groups excluding carboxylic acids is 3. The molecule has 2 aromatic carbocycles. The zero-order valence-corrected chi connectivity index (χ0v) is 15.4. The first-order valence-corrected chi connectivity index (χ1v) is 8.87. The van der Waals surface area contributed by atoms with Crippen LogP contribution in [0.25, 0.3) is 0 Å². The van der Waals surface area contributed by atoms with E-state index in [1.165, 1.54) is 6.26 Å². The van der Waals surface area contributed by atoms with Crippen LogP contribution in [0, 0.1) is 0 Å². The third-order valence-corrected chi connectivity index (χ3v) is 4.05. The van der Waals surface area contributed by atoms with E-state index >= 15 is 0 Å². The molecule has 0 aliphatic heterocycles. The first-order chi connectivity index (χ1) is 14.0. The summed E-state index contributed by atoms with van der Waals surface area (Å²) in [4.78, 5) is 36.1. The molecule has 0 spiro atoms. The van der Waals surface area contributed by atoms with Crippen molar-refractivity contribution in [3.8, 4) is 0 Å². The number of hydrogen-bond acceptors (Lipinski definition) is 4. The summed E-state index contributed by atoms with van der Waals surface area (Å²) in [6.07, 6.45) is 1.69. The molecule has 0 aliphatic rings. The predicted octanol–water partition coefficient (Wildman–Crippen LogP) is 2.75. The van der Waals surface area contributed by atoms with E-state index in [-0.39, 0.29) is 12.2 Å². The zero-order chi connectivity index (χ0) is 20.6. The lowest BCUT2D eigenvalue weighted by atomic mass is 10.1. The number of primary amides is 1. The van der Waals surface area contributed by atoms with Gasteiger partial charge >= 0.3 is 6.03 Å². The van der Waals surface area contributed by atoms with Crippen LogP contribution in [0.5, 0.6) is 0 Å². The van der Waals surface area contributed by atoms with E-state index < -0.39 is 23.9 Å². The van der Waals surface area contributed by atoms with Crippen molar-refractivity contribution < 1.29 is 18.8 Å². The quantitative estimate of drug-likeness (QED) is 0.493. The molecule has 4 amide bonds. The average molecular weight is 392 g/mol. The number of nitrogens with two attached hydrogens (primary N) is 1. The molecular formula is C21H20N4O4. The summed E-state index contributed by atoms with van der Waals surface area (Å²) < 4.78 is 5.05. The fourth-order valence-electron chi connectivity index (χ4n) is 2.74. The summed E-state index contributed by atoms with van der Waals surface area (Å²) in [6, 6.07) is 17.4. The minimum atomic E-state index is -0.851. The molecule has 29 heavy (non-hydrogen) atoms. The summed E-state index contributed by atoms with van der Waals surface area (Å²) in [5.74, 6) is -0.661. The highest BCUT2D eigenvalue weighted by Gasteiger charge is 2.20. The van der Waals surface area contributed by atoms with Crippen molar-refractivity contribution in [1.82, 2.24) is 5.32 Å². The molecule has 8 nitrogen and oxygen atoms in total. The maximum Gasteiger partial charge on any atom is 0.312 e. The molecule has 5 N–H and O–H groups in total. The van der Waals surface area contributed by atoms with Gasteiger partial charge in [-0.15, -0.1) is 0 Å². The number of carbonyl (C=O) groups is 3. The molecule has 8 heteroatoms. The third-order valence-electron chi connectivity index (χ3n) is 4.05. The van der Waals surface area contributed by atoms with Crippen molar-refractivity contribution in [2.45, 2.75) is 12.5 Å². The second kappa shape index (κ2) is 9.23. The fraction of sp³-hybridized carbons (Fsp3) is 0.0952. The average Bonchev–Trinajstić information content (AvgIpc) is 3.23. The number of nitrogens with one attached hydrogen (secondary N) is 3. The molecule has 1 heterocycles. The fourth-order valence-corrected chi connectivity index (χ4v) is 2.74. The first kappa shape index (κ1) is 19.7. The van der Waals surface area contributed by atoms with Crippen LogP contribution in [-0.4, -0.2) is 23.9 Å². The summed E-state index contributed by atoms with van der Waals surface area (Å²) in [5, 5.41) is 7.88. The van der Waals surface area contributed by atoms with Gasteiger partial charge < -0.3 is 26.1 Å². The Morgan fingerprint density at radius 2 is 1.62 bits per heavy atom. The van der Waals surface area contributed by atoms with Gasteiger partial charge in [0, 0.05) is 17.8 Å². The lowest BCUT2D eigenvalue weighted by Crippen LogP contribution is -2.47. The van der Waals surface area contributed by atoms with E-state index in [4.69, 9.17) is 10.2 Å². The number of anilines is 2. The van der Waals surface area contributed by atoms with Gasteiger partial charge in [0.05, 0.1) is 6.26 Å². The van der Waals surface area contributed by atoms with Gasteiger partial charge in [-0.05, 0) is 35.9 Å². The Hall–Kier alpha value is -4.07. The first-order valence-electron chi connectivity index (χ1n) is 8.87. The Labute approximate surface area is 167 Å². The van der Waals surface area contributed by atoms with Gasteiger partial charge in [-0.25, -0.2) is 4.79 Å². The van der Waals surface area contributed by atoms with Gasteiger partial charge in [0.25, 0.3) is 5.91 Å². The van der Waals surface area contributed by atoms with Crippen molar-refractivity contribution in [1.29, 1.82) is 0 Å². The van der Waals surface area contributed by atoms with E-state index in [0.717, 1.165) is 5.56 Å². The van der Waals surface area contributed by atoms with E-state index in [1.807, 2.05) is 30.3 Å². The maximum absolute atomic E-state index is 12.7. The second-order valence-electron chi connectivity index (χ2n) is 6.25. The van der Waals surface area contributed by atoms with Crippen molar-refractivity contribution >= 4 is 29.2 Å². The molecular weight excluding hydrogens is 372 g/mol. The molecule has 1 unspecified atom stereocenters. The Balaban J connectivity index is 1.68. The molecule has 0 radical (unpaired) electrons. The molecule has 0 fully saturated rings. The number of urea groups is 1. The number of benzene rings is 2. The van der Waals surface area contributed by atoms with Crippen LogP contribution in [0.2, 0.25) is 0 Å². The van der Waals surface area contributed by atoms with Crippen LogP contribution >= 0.6 is 0 Å². The second-order valence-corrected chi connectivity index (χ2v) is 6.25.